The second-order valence-electron chi connectivity index (χ2n) is 5.79. The number of ether oxygens (including phenoxy) is 2. The van der Waals surface area contributed by atoms with Crippen molar-refractivity contribution < 1.29 is 28.9 Å². The first-order valence-corrected chi connectivity index (χ1v) is 7.89. The van der Waals surface area contributed by atoms with Gasteiger partial charge in [-0.25, -0.2) is 9.18 Å². The molecule has 0 radical (unpaired) electrons. The minimum absolute atomic E-state index is 0. The normalized spacial score (nSPS) is 20.1. The second kappa shape index (κ2) is 8.13. The van der Waals surface area contributed by atoms with Gasteiger partial charge in [-0.05, 0) is 18.2 Å². The number of anilines is 2. The maximum absolute atomic E-state index is 14.4. The highest BCUT2D eigenvalue weighted by Crippen LogP contribution is 2.28. The van der Waals surface area contributed by atoms with Crippen molar-refractivity contribution in [2.45, 2.75) is 13.0 Å². The Bertz CT molecular complexity index is 636. The van der Waals surface area contributed by atoms with Crippen LogP contribution in [0.4, 0.5) is 20.6 Å². The van der Waals surface area contributed by atoms with Gasteiger partial charge in [-0.1, -0.05) is 0 Å². The van der Waals surface area contributed by atoms with E-state index in [9.17, 15) is 14.0 Å². The summed E-state index contributed by atoms with van der Waals surface area (Å²) in [6.07, 6.45) is -0.979. The Balaban J connectivity index is 0.00000225. The summed E-state index contributed by atoms with van der Waals surface area (Å²) in [5.74, 6) is -0.571. The zero-order valence-electron chi connectivity index (χ0n) is 14.0. The standard InChI is InChI=1S/C16H20FN3O4.H2O/c1-11(21)18-9-13-10-20(16(22)24-13)12-2-3-15(14(17)8-12)19-4-6-23-7-5-19;/h2-3,8,13H,4-7,9-10H2,1H3,(H,18,21);1H2/t13-;/m0./s1. The Kier molecular flexibility index (Phi) is 6.16. The molecular formula is C16H22FN3O5. The van der Waals surface area contributed by atoms with Crippen LogP contribution in [0.25, 0.3) is 0 Å². The van der Waals surface area contributed by atoms with Gasteiger partial charge in [0.1, 0.15) is 11.9 Å². The minimum Gasteiger partial charge on any atom is -0.442 e. The molecule has 8 nitrogen and oxygen atoms in total. The van der Waals surface area contributed by atoms with Crippen LogP contribution in [0.2, 0.25) is 0 Å². The summed E-state index contributed by atoms with van der Waals surface area (Å²) in [7, 11) is 0. The van der Waals surface area contributed by atoms with Gasteiger partial charge >= 0.3 is 6.09 Å². The van der Waals surface area contributed by atoms with Crippen molar-refractivity contribution in [1.82, 2.24) is 5.32 Å². The molecule has 1 aromatic carbocycles. The fourth-order valence-corrected chi connectivity index (χ4v) is 2.82. The number of hydrogen-bond acceptors (Lipinski definition) is 5. The van der Waals surface area contributed by atoms with E-state index in [1.807, 2.05) is 4.90 Å². The number of halogens is 1. The van der Waals surface area contributed by atoms with E-state index in [4.69, 9.17) is 9.47 Å². The molecule has 1 aromatic rings. The summed E-state index contributed by atoms with van der Waals surface area (Å²) in [6.45, 7) is 4.34. The van der Waals surface area contributed by atoms with Gasteiger partial charge in [-0.2, -0.15) is 0 Å². The molecule has 9 heteroatoms. The summed E-state index contributed by atoms with van der Waals surface area (Å²) in [6, 6.07) is 4.72. The van der Waals surface area contributed by atoms with Crippen molar-refractivity contribution >= 4 is 23.4 Å². The van der Waals surface area contributed by atoms with E-state index in [-0.39, 0.29) is 30.3 Å². The maximum Gasteiger partial charge on any atom is 0.414 e. The molecule has 2 fully saturated rings. The average Bonchev–Trinajstić information content (AvgIpc) is 2.94. The highest BCUT2D eigenvalue weighted by atomic mass is 19.1. The van der Waals surface area contributed by atoms with Crippen molar-refractivity contribution in [2.75, 3.05) is 49.2 Å². The smallest absolute Gasteiger partial charge is 0.414 e. The Morgan fingerprint density at radius 3 is 2.72 bits per heavy atom. The predicted molar refractivity (Wildman–Crippen MR) is 89.3 cm³/mol. The summed E-state index contributed by atoms with van der Waals surface area (Å²) in [5.41, 5.74) is 0.948. The topological polar surface area (TPSA) is 103 Å². The molecular weight excluding hydrogens is 333 g/mol. The lowest BCUT2D eigenvalue weighted by Gasteiger charge is -2.29. The lowest BCUT2D eigenvalue weighted by Crippen LogP contribution is -2.36. The molecule has 3 N–H and O–H groups in total. The molecule has 2 amide bonds. The van der Waals surface area contributed by atoms with Gasteiger partial charge in [0.2, 0.25) is 5.91 Å². The molecule has 0 bridgehead atoms. The number of cyclic esters (lactones) is 1. The summed E-state index contributed by atoms with van der Waals surface area (Å²) < 4.78 is 24.9. The number of amides is 2. The predicted octanol–water partition coefficient (Wildman–Crippen LogP) is 0.299. The van der Waals surface area contributed by atoms with Crippen LogP contribution in [0.1, 0.15) is 6.92 Å². The molecule has 2 saturated heterocycles. The van der Waals surface area contributed by atoms with Crippen LogP contribution >= 0.6 is 0 Å². The van der Waals surface area contributed by atoms with Gasteiger partial charge in [0, 0.05) is 20.0 Å². The van der Waals surface area contributed by atoms with Crippen LogP contribution in [-0.2, 0) is 14.3 Å². The third-order valence-corrected chi connectivity index (χ3v) is 4.05. The number of nitrogens with one attached hydrogen (secondary N) is 1. The monoisotopic (exact) mass is 355 g/mol. The average molecular weight is 355 g/mol. The summed E-state index contributed by atoms with van der Waals surface area (Å²) >= 11 is 0. The lowest BCUT2D eigenvalue weighted by atomic mass is 10.2. The molecule has 2 aliphatic rings. The number of carbonyl (C=O) groups excluding carboxylic acids is 2. The van der Waals surface area contributed by atoms with Crippen molar-refractivity contribution in [2.24, 2.45) is 0 Å². The Hall–Kier alpha value is -2.39. The van der Waals surface area contributed by atoms with Crippen LogP contribution in [0.15, 0.2) is 18.2 Å². The first-order valence-electron chi connectivity index (χ1n) is 7.89. The number of morpholine rings is 1. The molecule has 0 saturated carbocycles. The van der Waals surface area contributed by atoms with Crippen LogP contribution in [0.3, 0.4) is 0 Å². The highest BCUT2D eigenvalue weighted by Gasteiger charge is 2.32. The largest absolute Gasteiger partial charge is 0.442 e. The Labute approximate surface area is 144 Å². The van der Waals surface area contributed by atoms with E-state index in [2.05, 4.69) is 5.32 Å². The van der Waals surface area contributed by atoms with Crippen molar-refractivity contribution in [3.05, 3.63) is 24.0 Å². The first kappa shape index (κ1) is 18.9. The zero-order chi connectivity index (χ0) is 17.1. The number of hydrogen-bond donors (Lipinski definition) is 1. The van der Waals surface area contributed by atoms with E-state index in [1.165, 1.54) is 17.9 Å². The second-order valence-corrected chi connectivity index (χ2v) is 5.79. The lowest BCUT2D eigenvalue weighted by molar-refractivity contribution is -0.119. The number of rotatable bonds is 4. The number of nitrogens with zero attached hydrogens (tertiary/aromatic N) is 2. The van der Waals surface area contributed by atoms with Crippen LogP contribution in [0, 0.1) is 5.82 Å². The summed E-state index contributed by atoms with van der Waals surface area (Å²) in [5, 5.41) is 2.61. The third kappa shape index (κ3) is 4.37. The fraction of sp³-hybridized carbons (Fsp3) is 0.500. The number of benzene rings is 1. The van der Waals surface area contributed by atoms with Crippen LogP contribution < -0.4 is 15.1 Å². The van der Waals surface area contributed by atoms with Gasteiger partial charge in [0.15, 0.2) is 0 Å². The maximum atomic E-state index is 14.4. The molecule has 138 valence electrons. The van der Waals surface area contributed by atoms with Gasteiger partial charge in [-0.3, -0.25) is 9.69 Å². The highest BCUT2D eigenvalue weighted by molar-refractivity contribution is 5.90. The van der Waals surface area contributed by atoms with Crippen LogP contribution in [-0.4, -0.2) is 63.0 Å². The van der Waals surface area contributed by atoms with E-state index in [1.54, 1.807) is 12.1 Å². The summed E-state index contributed by atoms with van der Waals surface area (Å²) in [4.78, 5) is 26.2. The van der Waals surface area contributed by atoms with Crippen molar-refractivity contribution in [3.63, 3.8) is 0 Å². The van der Waals surface area contributed by atoms with E-state index < -0.39 is 12.2 Å². The Morgan fingerprint density at radius 2 is 2.08 bits per heavy atom. The zero-order valence-corrected chi connectivity index (χ0v) is 14.0. The van der Waals surface area contributed by atoms with Crippen LogP contribution in [0.5, 0.6) is 0 Å². The van der Waals surface area contributed by atoms with Crippen molar-refractivity contribution in [3.8, 4) is 0 Å². The number of carbonyl (C=O) groups is 2. The minimum atomic E-state index is -0.538. The van der Waals surface area contributed by atoms with Crippen molar-refractivity contribution in [1.29, 1.82) is 0 Å². The first-order chi connectivity index (χ1) is 11.5. The molecule has 2 heterocycles. The molecule has 3 rings (SSSR count). The van der Waals surface area contributed by atoms with E-state index in [0.717, 1.165) is 0 Å². The SMILES string of the molecule is CC(=O)NC[C@H]1CN(c2ccc(N3CCOCC3)c(F)c2)C(=O)O1.O. The fourth-order valence-electron chi connectivity index (χ4n) is 2.82. The molecule has 1 atom stereocenters. The Morgan fingerprint density at radius 1 is 1.36 bits per heavy atom. The molecule has 0 aliphatic carbocycles. The molecule has 0 spiro atoms. The molecule has 25 heavy (non-hydrogen) atoms. The molecule has 0 unspecified atom stereocenters. The quantitative estimate of drug-likeness (QED) is 0.837. The molecule has 0 aromatic heterocycles. The third-order valence-electron chi connectivity index (χ3n) is 4.05. The van der Waals surface area contributed by atoms with Gasteiger partial charge < -0.3 is 25.2 Å². The molecule has 2 aliphatic heterocycles. The van der Waals surface area contributed by atoms with E-state index >= 15 is 0 Å². The van der Waals surface area contributed by atoms with Gasteiger partial charge in [0.05, 0.1) is 37.7 Å². The van der Waals surface area contributed by atoms with Gasteiger partial charge in [0.25, 0.3) is 0 Å². The van der Waals surface area contributed by atoms with Gasteiger partial charge in [-0.15, -0.1) is 0 Å². The van der Waals surface area contributed by atoms with E-state index in [0.29, 0.717) is 37.7 Å².